The highest BCUT2D eigenvalue weighted by Gasteiger charge is 2.24. The Morgan fingerprint density at radius 3 is 2.43 bits per heavy atom. The fourth-order valence-electron chi connectivity index (χ4n) is 3.71. The second-order valence-electron chi connectivity index (χ2n) is 8.03. The van der Waals surface area contributed by atoms with Crippen LogP contribution in [-0.4, -0.2) is 105 Å². The van der Waals surface area contributed by atoms with E-state index in [1.807, 2.05) is 6.92 Å². The minimum atomic E-state index is -0.195. The highest BCUT2D eigenvalue weighted by atomic mass is 16.6. The van der Waals surface area contributed by atoms with Crippen molar-refractivity contribution in [3.05, 3.63) is 0 Å². The summed E-state index contributed by atoms with van der Waals surface area (Å²) < 4.78 is 5.09. The van der Waals surface area contributed by atoms with E-state index >= 15 is 0 Å². The number of ether oxygens (including phenoxy) is 1. The van der Waals surface area contributed by atoms with Crippen LogP contribution in [0.5, 0.6) is 0 Å². The molecule has 0 aromatic carbocycles. The summed E-state index contributed by atoms with van der Waals surface area (Å²) in [7, 11) is 2.19. The van der Waals surface area contributed by atoms with Crippen LogP contribution < -0.4 is 10.6 Å². The first-order valence-electron chi connectivity index (χ1n) is 10.9. The van der Waals surface area contributed by atoms with Crippen LogP contribution in [0.4, 0.5) is 4.79 Å². The molecule has 0 bridgehead atoms. The first-order valence-corrected chi connectivity index (χ1v) is 10.9. The molecule has 0 aromatic rings. The Kier molecular flexibility index (Phi) is 9.84. The van der Waals surface area contributed by atoms with E-state index in [0.29, 0.717) is 18.6 Å². The first kappa shape index (κ1) is 22.7. The molecule has 0 aliphatic carbocycles. The van der Waals surface area contributed by atoms with Gasteiger partial charge in [0.25, 0.3) is 0 Å². The number of nitrogens with zero attached hydrogens (tertiary/aromatic N) is 4. The van der Waals surface area contributed by atoms with Gasteiger partial charge in [-0.1, -0.05) is 6.92 Å². The number of piperidine rings is 1. The smallest absolute Gasteiger partial charge is 0.409 e. The Morgan fingerprint density at radius 2 is 1.82 bits per heavy atom. The van der Waals surface area contributed by atoms with E-state index in [4.69, 9.17) is 9.73 Å². The number of likely N-dealkylation sites (N-methyl/N-ethyl adjacent to an activating group) is 1. The molecule has 8 nitrogen and oxygen atoms in total. The Hall–Kier alpha value is -1.54. The average molecular weight is 397 g/mol. The molecule has 0 aromatic heterocycles. The Labute approximate surface area is 170 Å². The van der Waals surface area contributed by atoms with Gasteiger partial charge in [0.2, 0.25) is 0 Å². The van der Waals surface area contributed by atoms with Gasteiger partial charge in [-0.15, -0.1) is 0 Å². The first-order chi connectivity index (χ1) is 13.5. The van der Waals surface area contributed by atoms with Gasteiger partial charge in [-0.3, -0.25) is 4.99 Å². The van der Waals surface area contributed by atoms with Gasteiger partial charge in [0.05, 0.1) is 6.61 Å². The molecule has 2 heterocycles. The zero-order chi connectivity index (χ0) is 20.4. The second kappa shape index (κ2) is 12.1. The summed E-state index contributed by atoms with van der Waals surface area (Å²) in [6.45, 7) is 15.5. The van der Waals surface area contributed by atoms with Gasteiger partial charge in [0, 0.05) is 64.9 Å². The SMILES string of the molecule is CCNC(=NCC(C)CN1CCN(C)CC1)NC1CCN(C(=O)OCC)CC1. The number of guanidine groups is 1. The summed E-state index contributed by atoms with van der Waals surface area (Å²) in [5, 5.41) is 6.92. The third-order valence-electron chi connectivity index (χ3n) is 5.43. The summed E-state index contributed by atoms with van der Waals surface area (Å²) in [5.41, 5.74) is 0. The molecular weight excluding hydrogens is 356 g/mol. The molecule has 2 aliphatic heterocycles. The van der Waals surface area contributed by atoms with Crippen molar-refractivity contribution in [1.82, 2.24) is 25.3 Å². The Bertz CT molecular complexity index is 485. The molecule has 2 rings (SSSR count). The summed E-state index contributed by atoms with van der Waals surface area (Å²) in [5.74, 6) is 1.42. The number of aliphatic imine (C=N–C) groups is 1. The van der Waals surface area contributed by atoms with Crippen LogP contribution >= 0.6 is 0 Å². The minimum Gasteiger partial charge on any atom is -0.450 e. The van der Waals surface area contributed by atoms with E-state index in [9.17, 15) is 4.79 Å². The number of nitrogens with one attached hydrogen (secondary N) is 2. The maximum atomic E-state index is 11.8. The van der Waals surface area contributed by atoms with Crippen molar-refractivity contribution < 1.29 is 9.53 Å². The average Bonchev–Trinajstić information content (AvgIpc) is 2.69. The highest BCUT2D eigenvalue weighted by molar-refractivity contribution is 5.80. The maximum Gasteiger partial charge on any atom is 0.409 e. The topological polar surface area (TPSA) is 72.4 Å². The Morgan fingerprint density at radius 1 is 1.14 bits per heavy atom. The lowest BCUT2D eigenvalue weighted by molar-refractivity contribution is 0.0963. The van der Waals surface area contributed by atoms with Crippen LogP contribution in [0.25, 0.3) is 0 Å². The van der Waals surface area contributed by atoms with Crippen molar-refractivity contribution in [2.24, 2.45) is 10.9 Å². The number of piperazine rings is 1. The molecule has 0 saturated carbocycles. The predicted octanol–water partition coefficient (Wildman–Crippen LogP) is 1.05. The van der Waals surface area contributed by atoms with Gasteiger partial charge in [0.1, 0.15) is 0 Å². The highest BCUT2D eigenvalue weighted by Crippen LogP contribution is 2.11. The standard InChI is InChI=1S/C20H40N6O2/c1-5-21-19(22-15-17(3)16-25-13-11-24(4)12-14-25)23-18-7-9-26(10-8-18)20(27)28-6-2/h17-18H,5-16H2,1-4H3,(H2,21,22,23). The molecule has 28 heavy (non-hydrogen) atoms. The van der Waals surface area contributed by atoms with Crippen LogP contribution in [0.2, 0.25) is 0 Å². The van der Waals surface area contributed by atoms with Crippen LogP contribution in [-0.2, 0) is 4.74 Å². The largest absolute Gasteiger partial charge is 0.450 e. The zero-order valence-corrected chi connectivity index (χ0v) is 18.2. The van der Waals surface area contributed by atoms with Crippen molar-refractivity contribution in [3.63, 3.8) is 0 Å². The van der Waals surface area contributed by atoms with Gasteiger partial charge in [-0.05, 0) is 39.7 Å². The second-order valence-corrected chi connectivity index (χ2v) is 8.03. The zero-order valence-electron chi connectivity index (χ0n) is 18.2. The molecule has 2 saturated heterocycles. The Balaban J connectivity index is 1.75. The van der Waals surface area contributed by atoms with Crippen molar-refractivity contribution >= 4 is 12.1 Å². The summed E-state index contributed by atoms with van der Waals surface area (Å²) in [6.07, 6.45) is 1.64. The predicted molar refractivity (Wildman–Crippen MR) is 114 cm³/mol. The normalized spacial score (nSPS) is 21.4. The molecule has 0 radical (unpaired) electrons. The number of hydrogen-bond donors (Lipinski definition) is 2. The van der Waals surface area contributed by atoms with Gasteiger partial charge in [0.15, 0.2) is 5.96 Å². The van der Waals surface area contributed by atoms with Crippen molar-refractivity contribution in [2.45, 2.75) is 39.7 Å². The lowest BCUT2D eigenvalue weighted by Crippen LogP contribution is -2.50. The van der Waals surface area contributed by atoms with Crippen LogP contribution in [0.3, 0.4) is 0 Å². The fraction of sp³-hybridized carbons (Fsp3) is 0.900. The van der Waals surface area contributed by atoms with E-state index in [-0.39, 0.29) is 6.09 Å². The fourth-order valence-corrected chi connectivity index (χ4v) is 3.71. The summed E-state index contributed by atoms with van der Waals surface area (Å²) in [6, 6.07) is 0.344. The van der Waals surface area contributed by atoms with Crippen LogP contribution in [0.1, 0.15) is 33.6 Å². The molecule has 2 fully saturated rings. The summed E-state index contributed by atoms with van der Waals surface area (Å²) >= 11 is 0. The molecular formula is C20H40N6O2. The number of rotatable bonds is 7. The van der Waals surface area contributed by atoms with Crippen molar-refractivity contribution in [2.75, 3.05) is 72.6 Å². The van der Waals surface area contributed by atoms with Crippen LogP contribution in [0.15, 0.2) is 4.99 Å². The lowest BCUT2D eigenvalue weighted by Gasteiger charge is -2.34. The molecule has 1 unspecified atom stereocenters. The third-order valence-corrected chi connectivity index (χ3v) is 5.43. The maximum absolute atomic E-state index is 11.8. The number of carbonyl (C=O) groups is 1. The van der Waals surface area contributed by atoms with Gasteiger partial charge < -0.3 is 30.1 Å². The monoisotopic (exact) mass is 396 g/mol. The number of likely N-dealkylation sites (tertiary alicyclic amines) is 1. The molecule has 0 spiro atoms. The van der Waals surface area contributed by atoms with E-state index in [1.54, 1.807) is 4.90 Å². The number of carbonyl (C=O) groups excluding carboxylic acids is 1. The van der Waals surface area contributed by atoms with E-state index < -0.39 is 0 Å². The van der Waals surface area contributed by atoms with Gasteiger partial charge >= 0.3 is 6.09 Å². The molecule has 162 valence electrons. The lowest BCUT2D eigenvalue weighted by atomic mass is 10.1. The third kappa shape index (κ3) is 7.83. The molecule has 8 heteroatoms. The molecule has 2 N–H and O–H groups in total. The van der Waals surface area contributed by atoms with Gasteiger partial charge in [-0.25, -0.2) is 4.79 Å². The van der Waals surface area contributed by atoms with Crippen LogP contribution in [0, 0.1) is 5.92 Å². The van der Waals surface area contributed by atoms with E-state index in [1.165, 1.54) is 0 Å². The van der Waals surface area contributed by atoms with Crippen molar-refractivity contribution in [3.8, 4) is 0 Å². The van der Waals surface area contributed by atoms with Crippen molar-refractivity contribution in [1.29, 1.82) is 0 Å². The molecule has 1 atom stereocenters. The van der Waals surface area contributed by atoms with E-state index in [0.717, 1.165) is 77.7 Å². The van der Waals surface area contributed by atoms with Gasteiger partial charge in [-0.2, -0.15) is 0 Å². The summed E-state index contributed by atoms with van der Waals surface area (Å²) in [4.78, 5) is 23.4. The molecule has 2 aliphatic rings. The molecule has 1 amide bonds. The minimum absolute atomic E-state index is 0.195. The van der Waals surface area contributed by atoms with E-state index in [2.05, 4.69) is 41.3 Å². The number of amides is 1. The quantitative estimate of drug-likeness (QED) is 0.495. The number of hydrogen-bond acceptors (Lipinski definition) is 5.